The number of rotatable bonds is 5. The molecule has 0 aliphatic carbocycles. The minimum absolute atomic E-state index is 0.00588. The fraction of sp³-hybridized carbons (Fsp3) is 0.647. The fourth-order valence-corrected chi connectivity index (χ4v) is 3.00. The third-order valence-corrected chi connectivity index (χ3v) is 3.26. The molecule has 3 heteroatoms. The molecule has 0 aliphatic heterocycles. The minimum Gasteiger partial charge on any atom is -0.494 e. The molecule has 1 atom stereocenters. The Hall–Kier alpha value is -1.09. The Bertz CT molecular complexity index is 449. The van der Waals surface area contributed by atoms with Crippen LogP contribution in [0.3, 0.4) is 0 Å². The summed E-state index contributed by atoms with van der Waals surface area (Å²) in [4.78, 5) is 0. The number of halogens is 1. The zero-order chi connectivity index (χ0) is 15.6. The molecule has 1 aromatic rings. The Morgan fingerprint density at radius 3 is 2.25 bits per heavy atom. The zero-order valence-electron chi connectivity index (χ0n) is 13.8. The van der Waals surface area contributed by atoms with Gasteiger partial charge in [-0.05, 0) is 50.3 Å². The van der Waals surface area contributed by atoms with Gasteiger partial charge in [0.1, 0.15) is 0 Å². The van der Waals surface area contributed by atoms with Gasteiger partial charge < -0.3 is 10.1 Å². The first kappa shape index (κ1) is 17.0. The largest absolute Gasteiger partial charge is 0.494 e. The Labute approximate surface area is 122 Å². The summed E-state index contributed by atoms with van der Waals surface area (Å²) >= 11 is 0. The van der Waals surface area contributed by atoms with Crippen LogP contribution in [0.15, 0.2) is 18.2 Å². The van der Waals surface area contributed by atoms with Gasteiger partial charge in [0.15, 0.2) is 11.6 Å². The van der Waals surface area contributed by atoms with Crippen LogP contribution in [0.1, 0.15) is 59.6 Å². The quantitative estimate of drug-likeness (QED) is 0.844. The topological polar surface area (TPSA) is 21.3 Å². The van der Waals surface area contributed by atoms with Crippen molar-refractivity contribution in [1.82, 2.24) is 5.32 Å². The highest BCUT2D eigenvalue weighted by molar-refractivity contribution is 5.30. The van der Waals surface area contributed by atoms with E-state index in [1.807, 2.05) is 6.07 Å². The van der Waals surface area contributed by atoms with Gasteiger partial charge >= 0.3 is 0 Å². The molecule has 1 unspecified atom stereocenters. The molecule has 1 aromatic carbocycles. The Balaban J connectivity index is 2.80. The van der Waals surface area contributed by atoms with Gasteiger partial charge in [0, 0.05) is 11.6 Å². The molecule has 114 valence electrons. The first-order valence-corrected chi connectivity index (χ1v) is 7.15. The summed E-state index contributed by atoms with van der Waals surface area (Å²) in [5, 5.41) is 3.59. The summed E-state index contributed by atoms with van der Waals surface area (Å²) < 4.78 is 18.7. The van der Waals surface area contributed by atoms with Crippen LogP contribution in [-0.4, -0.2) is 12.6 Å². The normalized spacial score (nSPS) is 14.2. The molecular weight excluding hydrogens is 253 g/mol. The third-order valence-electron chi connectivity index (χ3n) is 3.26. The van der Waals surface area contributed by atoms with Gasteiger partial charge in [-0.1, -0.05) is 26.8 Å². The van der Waals surface area contributed by atoms with E-state index in [1.165, 1.54) is 7.11 Å². The van der Waals surface area contributed by atoms with E-state index in [-0.39, 0.29) is 28.6 Å². The number of benzene rings is 1. The van der Waals surface area contributed by atoms with Crippen LogP contribution in [0.4, 0.5) is 4.39 Å². The first-order chi connectivity index (χ1) is 9.04. The highest BCUT2D eigenvalue weighted by atomic mass is 19.1. The summed E-state index contributed by atoms with van der Waals surface area (Å²) in [6, 6.07) is 5.23. The molecule has 0 aromatic heterocycles. The molecule has 0 saturated heterocycles. The van der Waals surface area contributed by atoms with Gasteiger partial charge in [-0.25, -0.2) is 4.39 Å². The SMILES string of the molecule is COc1ccc(C(C)NC(C)(C)CC(C)(C)C)cc1F. The minimum atomic E-state index is -0.313. The molecular formula is C17H28FNO. The first-order valence-electron chi connectivity index (χ1n) is 7.15. The highest BCUT2D eigenvalue weighted by Crippen LogP contribution is 2.29. The number of nitrogens with one attached hydrogen (secondary N) is 1. The second kappa shape index (κ2) is 6.13. The van der Waals surface area contributed by atoms with Crippen LogP contribution >= 0.6 is 0 Å². The van der Waals surface area contributed by atoms with E-state index >= 15 is 0 Å². The molecule has 1 N–H and O–H groups in total. The molecule has 0 fully saturated rings. The lowest BCUT2D eigenvalue weighted by Crippen LogP contribution is -2.43. The van der Waals surface area contributed by atoms with E-state index < -0.39 is 0 Å². The van der Waals surface area contributed by atoms with Gasteiger partial charge in [-0.2, -0.15) is 0 Å². The molecule has 0 bridgehead atoms. The van der Waals surface area contributed by atoms with Crippen molar-refractivity contribution < 1.29 is 9.13 Å². The summed E-state index contributed by atoms with van der Waals surface area (Å²) in [5.41, 5.74) is 1.18. The van der Waals surface area contributed by atoms with Crippen molar-refractivity contribution in [2.75, 3.05) is 7.11 Å². The van der Waals surface area contributed by atoms with E-state index in [2.05, 4.69) is 46.9 Å². The molecule has 0 aliphatic rings. The van der Waals surface area contributed by atoms with Gasteiger partial charge in [0.05, 0.1) is 7.11 Å². The number of ether oxygens (including phenoxy) is 1. The fourth-order valence-electron chi connectivity index (χ4n) is 3.00. The van der Waals surface area contributed by atoms with Crippen molar-refractivity contribution >= 4 is 0 Å². The molecule has 0 heterocycles. The lowest BCUT2D eigenvalue weighted by molar-refractivity contribution is 0.226. The Morgan fingerprint density at radius 2 is 1.80 bits per heavy atom. The average Bonchev–Trinajstić information content (AvgIpc) is 2.24. The summed E-state index contributed by atoms with van der Waals surface area (Å²) in [7, 11) is 1.48. The summed E-state index contributed by atoms with van der Waals surface area (Å²) in [5.74, 6) is -0.0258. The maximum atomic E-state index is 13.8. The molecule has 20 heavy (non-hydrogen) atoms. The van der Waals surface area contributed by atoms with Gasteiger partial charge in [0.2, 0.25) is 0 Å². The van der Waals surface area contributed by atoms with E-state index in [4.69, 9.17) is 4.74 Å². The molecule has 1 rings (SSSR count). The van der Waals surface area contributed by atoms with Crippen molar-refractivity contribution in [3.05, 3.63) is 29.6 Å². The molecule has 0 amide bonds. The van der Waals surface area contributed by atoms with Crippen LogP contribution in [0.2, 0.25) is 0 Å². The van der Waals surface area contributed by atoms with Gasteiger partial charge in [-0.15, -0.1) is 0 Å². The van der Waals surface area contributed by atoms with Crippen molar-refractivity contribution in [2.45, 2.75) is 59.5 Å². The average molecular weight is 281 g/mol. The molecule has 0 spiro atoms. The molecule has 2 nitrogen and oxygen atoms in total. The lowest BCUT2D eigenvalue weighted by Gasteiger charge is -2.36. The number of methoxy groups -OCH3 is 1. The van der Waals surface area contributed by atoms with Crippen molar-refractivity contribution in [1.29, 1.82) is 0 Å². The second-order valence-electron chi connectivity index (χ2n) is 7.38. The van der Waals surface area contributed by atoms with Crippen LogP contribution in [0.25, 0.3) is 0 Å². The van der Waals surface area contributed by atoms with Crippen molar-refractivity contribution in [3.63, 3.8) is 0 Å². The molecule has 0 radical (unpaired) electrons. The predicted molar refractivity (Wildman–Crippen MR) is 82.7 cm³/mol. The van der Waals surface area contributed by atoms with Crippen molar-refractivity contribution in [2.24, 2.45) is 5.41 Å². The van der Waals surface area contributed by atoms with E-state index in [0.29, 0.717) is 0 Å². The van der Waals surface area contributed by atoms with Crippen LogP contribution in [0.5, 0.6) is 5.75 Å². The lowest BCUT2D eigenvalue weighted by atomic mass is 9.81. The van der Waals surface area contributed by atoms with Crippen LogP contribution in [0, 0.1) is 11.2 Å². The van der Waals surface area contributed by atoms with Crippen LogP contribution in [-0.2, 0) is 0 Å². The summed E-state index contributed by atoms with van der Waals surface area (Å²) in [6.07, 6.45) is 1.04. The van der Waals surface area contributed by atoms with Gasteiger partial charge in [-0.3, -0.25) is 0 Å². The third kappa shape index (κ3) is 5.12. The Morgan fingerprint density at radius 1 is 1.20 bits per heavy atom. The Kier molecular flexibility index (Phi) is 5.20. The van der Waals surface area contributed by atoms with E-state index in [9.17, 15) is 4.39 Å². The second-order valence-corrected chi connectivity index (χ2v) is 7.38. The van der Waals surface area contributed by atoms with Gasteiger partial charge in [0.25, 0.3) is 0 Å². The molecule has 0 saturated carbocycles. The predicted octanol–water partition coefficient (Wildman–Crippen LogP) is 4.70. The maximum Gasteiger partial charge on any atom is 0.165 e. The van der Waals surface area contributed by atoms with Crippen LogP contribution < -0.4 is 10.1 Å². The summed E-state index contributed by atoms with van der Waals surface area (Å²) in [6.45, 7) is 13.1. The standard InChI is InChI=1S/C17H28FNO/c1-12(19-17(5,6)11-16(2,3)4)13-8-9-15(20-7)14(18)10-13/h8-10,12,19H,11H2,1-7H3. The number of hydrogen-bond acceptors (Lipinski definition) is 2. The zero-order valence-corrected chi connectivity index (χ0v) is 13.8. The van der Waals surface area contributed by atoms with E-state index in [1.54, 1.807) is 12.1 Å². The van der Waals surface area contributed by atoms with Crippen molar-refractivity contribution in [3.8, 4) is 5.75 Å². The number of hydrogen-bond donors (Lipinski definition) is 1. The van der Waals surface area contributed by atoms with E-state index in [0.717, 1.165) is 12.0 Å². The smallest absolute Gasteiger partial charge is 0.165 e. The monoisotopic (exact) mass is 281 g/mol. The highest BCUT2D eigenvalue weighted by Gasteiger charge is 2.27. The maximum absolute atomic E-state index is 13.8.